The molecule has 0 spiro atoms. The molecule has 2 aliphatic heterocycles. The van der Waals surface area contributed by atoms with Gasteiger partial charge in [0, 0.05) is 22.9 Å². The highest BCUT2D eigenvalue weighted by Gasteiger charge is 2.46. The maximum atomic E-state index is 12.7. The van der Waals surface area contributed by atoms with E-state index in [-0.39, 0.29) is 49.2 Å². The first kappa shape index (κ1) is 35.6. The smallest absolute Gasteiger partial charge is 0.342 e. The fourth-order valence-corrected chi connectivity index (χ4v) is 5.66. The van der Waals surface area contributed by atoms with Gasteiger partial charge in [-0.05, 0) is 50.5 Å². The molecule has 16 heteroatoms. The van der Waals surface area contributed by atoms with Gasteiger partial charge in [0.05, 0.1) is 50.7 Å². The number of aromatic hydroxyl groups is 2. The Morgan fingerprint density at radius 3 is 2.11 bits per heavy atom. The Hall–Kier alpha value is -3.29. The van der Waals surface area contributed by atoms with Gasteiger partial charge in [-0.3, -0.25) is 0 Å². The van der Waals surface area contributed by atoms with Gasteiger partial charge < -0.3 is 76.4 Å². The lowest BCUT2D eigenvalue weighted by Gasteiger charge is -2.44. The SMILES string of the molecule is CNC1[C@H](COC[C@H]2C(COC(=O)c3cc(N)ccc3O)O[C@@H](O)C(NC)[C@H]2O)OC(COCc2cc(N)ccc2O)[C@H](O)[C@@H]1O. The molecular formula is C30H44N4O12. The van der Waals surface area contributed by atoms with Gasteiger partial charge in [-0.15, -0.1) is 0 Å². The van der Waals surface area contributed by atoms with Gasteiger partial charge in [-0.25, -0.2) is 4.79 Å². The van der Waals surface area contributed by atoms with Crippen molar-refractivity contribution < 1.29 is 59.1 Å². The number of phenolic OH excluding ortho intramolecular Hbond substituents is 2. The van der Waals surface area contributed by atoms with Crippen molar-refractivity contribution in [2.24, 2.45) is 5.92 Å². The Balaban J connectivity index is 1.38. The number of nitrogens with two attached hydrogens (primary N) is 2. The number of nitrogen functional groups attached to an aromatic ring is 2. The Morgan fingerprint density at radius 1 is 0.761 bits per heavy atom. The third-order valence-electron chi connectivity index (χ3n) is 8.28. The Morgan fingerprint density at radius 2 is 1.41 bits per heavy atom. The molecule has 2 aromatic rings. The number of phenols is 2. The minimum absolute atomic E-state index is 0.00115. The largest absolute Gasteiger partial charge is 0.508 e. The van der Waals surface area contributed by atoms with E-state index in [2.05, 4.69) is 10.6 Å². The molecule has 2 aromatic carbocycles. The molecule has 10 atom stereocenters. The first-order valence-corrected chi connectivity index (χ1v) is 14.8. The molecule has 0 radical (unpaired) electrons. The number of carbonyl (C=O) groups excluding carboxylic acids is 1. The molecule has 0 bridgehead atoms. The molecule has 0 aliphatic carbocycles. The molecule has 4 rings (SSSR count). The molecule has 46 heavy (non-hydrogen) atoms. The maximum absolute atomic E-state index is 12.7. The van der Waals surface area contributed by atoms with E-state index in [1.54, 1.807) is 19.2 Å². The van der Waals surface area contributed by atoms with Gasteiger partial charge in [0.1, 0.15) is 48.1 Å². The quantitative estimate of drug-likeness (QED) is 0.0638. The zero-order valence-electron chi connectivity index (χ0n) is 25.6. The molecule has 2 saturated heterocycles. The number of hydrogen-bond donors (Lipinski definition) is 10. The summed E-state index contributed by atoms with van der Waals surface area (Å²) in [6, 6.07) is 6.88. The summed E-state index contributed by atoms with van der Waals surface area (Å²) in [6.07, 6.45) is -7.89. The molecule has 16 nitrogen and oxygen atoms in total. The van der Waals surface area contributed by atoms with Crippen molar-refractivity contribution in [3.63, 3.8) is 0 Å². The van der Waals surface area contributed by atoms with Crippen molar-refractivity contribution in [2.75, 3.05) is 52.0 Å². The molecular weight excluding hydrogens is 608 g/mol. The average Bonchev–Trinajstić information content (AvgIpc) is 3.02. The van der Waals surface area contributed by atoms with Crippen LogP contribution in [-0.2, 0) is 30.3 Å². The van der Waals surface area contributed by atoms with E-state index in [9.17, 15) is 35.4 Å². The highest BCUT2D eigenvalue weighted by molar-refractivity contribution is 5.93. The first-order chi connectivity index (χ1) is 21.9. The molecule has 2 aliphatic rings. The van der Waals surface area contributed by atoms with Crippen LogP contribution in [0.3, 0.4) is 0 Å². The average molecular weight is 653 g/mol. The summed E-state index contributed by atoms with van der Waals surface area (Å²) in [4.78, 5) is 12.7. The van der Waals surface area contributed by atoms with Crippen LogP contribution in [0.4, 0.5) is 11.4 Å². The molecule has 0 aromatic heterocycles. The molecule has 12 N–H and O–H groups in total. The predicted molar refractivity (Wildman–Crippen MR) is 163 cm³/mol. The van der Waals surface area contributed by atoms with Crippen LogP contribution in [0.2, 0.25) is 0 Å². The zero-order valence-corrected chi connectivity index (χ0v) is 25.6. The van der Waals surface area contributed by atoms with E-state index in [0.29, 0.717) is 11.3 Å². The topological polar surface area (TPSA) is 261 Å². The van der Waals surface area contributed by atoms with Gasteiger partial charge >= 0.3 is 5.97 Å². The van der Waals surface area contributed by atoms with Crippen molar-refractivity contribution in [3.05, 3.63) is 47.5 Å². The van der Waals surface area contributed by atoms with Crippen molar-refractivity contribution in [2.45, 2.75) is 61.6 Å². The number of benzene rings is 2. The molecule has 256 valence electrons. The first-order valence-electron chi connectivity index (χ1n) is 14.8. The lowest BCUT2D eigenvalue weighted by atomic mass is 9.88. The van der Waals surface area contributed by atoms with Gasteiger partial charge in [-0.1, -0.05) is 0 Å². The number of aliphatic hydroxyl groups is 4. The predicted octanol–water partition coefficient (Wildman–Crippen LogP) is -1.99. The number of carbonyl (C=O) groups is 1. The summed E-state index contributed by atoms with van der Waals surface area (Å²) in [5.41, 5.74) is 12.5. The van der Waals surface area contributed by atoms with Gasteiger partial charge in [0.2, 0.25) is 0 Å². The van der Waals surface area contributed by atoms with Crippen molar-refractivity contribution in [3.8, 4) is 11.5 Å². The Bertz CT molecular complexity index is 1300. The lowest BCUT2D eigenvalue weighted by molar-refractivity contribution is -0.248. The van der Waals surface area contributed by atoms with Gasteiger partial charge in [0.15, 0.2) is 6.29 Å². The third kappa shape index (κ3) is 8.34. The number of anilines is 2. The van der Waals surface area contributed by atoms with E-state index in [4.69, 9.17) is 35.2 Å². The summed E-state index contributed by atoms with van der Waals surface area (Å²) in [5, 5.41) is 68.8. The number of hydrogen-bond acceptors (Lipinski definition) is 16. The minimum Gasteiger partial charge on any atom is -0.508 e. The fourth-order valence-electron chi connectivity index (χ4n) is 5.66. The normalized spacial score (nSPS) is 31.4. The highest BCUT2D eigenvalue weighted by Crippen LogP contribution is 2.29. The van der Waals surface area contributed by atoms with Crippen LogP contribution in [0.15, 0.2) is 36.4 Å². The monoisotopic (exact) mass is 652 g/mol. The van der Waals surface area contributed by atoms with Crippen molar-refractivity contribution in [1.29, 1.82) is 0 Å². The third-order valence-corrected chi connectivity index (χ3v) is 8.28. The molecule has 2 heterocycles. The molecule has 0 saturated carbocycles. The van der Waals surface area contributed by atoms with Crippen LogP contribution in [0, 0.1) is 5.92 Å². The standard InChI is InChI=1S/C30H44N4O12/c1-33-24-22(45-23(27(38)28(24)39)12-42-9-14-7-15(31)3-5-19(14)35)11-43-10-18-21(46-30(41)25(34-2)26(18)37)13-44-29(40)17-8-16(32)4-6-20(17)36/h3-8,18,21-28,30,33-39,41H,9-13,31-32H2,1-2H3/t18-,21?,22-,23?,24?,25?,26-,27-,28+,30+/m0/s1. The summed E-state index contributed by atoms with van der Waals surface area (Å²) in [7, 11) is 3.13. The van der Waals surface area contributed by atoms with Crippen LogP contribution in [0.25, 0.3) is 0 Å². The van der Waals surface area contributed by atoms with E-state index >= 15 is 0 Å². The number of aliphatic hydroxyl groups excluding tert-OH is 4. The summed E-state index contributed by atoms with van der Waals surface area (Å²) in [5.74, 6) is -2.02. The Kier molecular flexibility index (Phi) is 12.4. The molecule has 4 unspecified atom stereocenters. The van der Waals surface area contributed by atoms with Gasteiger partial charge in [0.25, 0.3) is 0 Å². The zero-order chi connectivity index (χ0) is 33.5. The van der Waals surface area contributed by atoms with Crippen LogP contribution < -0.4 is 22.1 Å². The van der Waals surface area contributed by atoms with E-state index < -0.39 is 73.5 Å². The second-order valence-electron chi connectivity index (χ2n) is 11.4. The highest BCUT2D eigenvalue weighted by atomic mass is 16.6. The van der Waals surface area contributed by atoms with E-state index in [1.165, 1.54) is 31.3 Å². The number of ether oxygens (including phenoxy) is 5. The van der Waals surface area contributed by atoms with Crippen LogP contribution in [0.5, 0.6) is 11.5 Å². The molecule has 0 amide bonds. The number of nitrogens with one attached hydrogen (secondary N) is 2. The second kappa shape index (κ2) is 16.0. The molecule has 2 fully saturated rings. The fraction of sp³-hybridized carbons (Fsp3) is 0.567. The number of esters is 1. The van der Waals surface area contributed by atoms with Crippen LogP contribution >= 0.6 is 0 Å². The van der Waals surface area contributed by atoms with Crippen LogP contribution in [-0.4, -0.2) is 132 Å². The van der Waals surface area contributed by atoms with Crippen molar-refractivity contribution in [1.82, 2.24) is 10.6 Å². The van der Waals surface area contributed by atoms with E-state index in [1.807, 2.05) is 0 Å². The summed E-state index contributed by atoms with van der Waals surface area (Å²) >= 11 is 0. The van der Waals surface area contributed by atoms with Crippen LogP contribution in [0.1, 0.15) is 15.9 Å². The second-order valence-corrected chi connectivity index (χ2v) is 11.4. The maximum Gasteiger partial charge on any atom is 0.342 e. The van der Waals surface area contributed by atoms with E-state index in [0.717, 1.165) is 0 Å². The lowest BCUT2D eigenvalue weighted by Crippen LogP contribution is -2.64. The summed E-state index contributed by atoms with van der Waals surface area (Å²) in [6.45, 7) is -0.758. The number of rotatable bonds is 13. The van der Waals surface area contributed by atoms with Gasteiger partial charge in [-0.2, -0.15) is 0 Å². The Labute approximate surface area is 265 Å². The number of likely N-dealkylation sites (N-methyl/N-ethyl adjacent to an activating group) is 2. The minimum atomic E-state index is -1.43. The summed E-state index contributed by atoms with van der Waals surface area (Å²) < 4.78 is 28.7. The van der Waals surface area contributed by atoms with Crippen molar-refractivity contribution >= 4 is 17.3 Å².